The maximum absolute atomic E-state index is 9.34. The van der Waals surface area contributed by atoms with E-state index in [-0.39, 0.29) is 12.0 Å². The highest BCUT2D eigenvalue weighted by atomic mass is 35.5. The summed E-state index contributed by atoms with van der Waals surface area (Å²) >= 11 is 6.02. The molecule has 0 aromatic heterocycles. The molecule has 18 heavy (non-hydrogen) atoms. The predicted octanol–water partition coefficient (Wildman–Crippen LogP) is 2.55. The standard InChI is InChI=1S/C14H20ClNO2/c1-16(9-14(10-17)5-6-14)8-11-7-12(15)3-4-13(11)18-2/h3-4,7,17H,5-6,8-10H2,1-2H3. The van der Waals surface area contributed by atoms with E-state index in [0.717, 1.165) is 42.3 Å². The zero-order valence-electron chi connectivity index (χ0n) is 10.9. The van der Waals surface area contributed by atoms with Gasteiger partial charge in [-0.2, -0.15) is 0 Å². The van der Waals surface area contributed by atoms with E-state index in [4.69, 9.17) is 16.3 Å². The van der Waals surface area contributed by atoms with Crippen LogP contribution in [0.5, 0.6) is 5.75 Å². The van der Waals surface area contributed by atoms with Crippen molar-refractivity contribution in [1.82, 2.24) is 4.90 Å². The Morgan fingerprint density at radius 2 is 2.17 bits per heavy atom. The van der Waals surface area contributed by atoms with Gasteiger partial charge in [0.1, 0.15) is 5.75 Å². The van der Waals surface area contributed by atoms with Crippen molar-refractivity contribution in [3.05, 3.63) is 28.8 Å². The van der Waals surface area contributed by atoms with Crippen LogP contribution in [0.15, 0.2) is 18.2 Å². The van der Waals surface area contributed by atoms with Crippen LogP contribution in [-0.2, 0) is 6.54 Å². The van der Waals surface area contributed by atoms with Crippen molar-refractivity contribution in [3.63, 3.8) is 0 Å². The summed E-state index contributed by atoms with van der Waals surface area (Å²) in [5.41, 5.74) is 1.22. The van der Waals surface area contributed by atoms with Gasteiger partial charge in [-0.3, -0.25) is 0 Å². The lowest BCUT2D eigenvalue weighted by molar-refractivity contribution is 0.160. The molecule has 1 aliphatic rings. The fraction of sp³-hybridized carbons (Fsp3) is 0.571. The molecule has 1 aromatic rings. The number of hydrogen-bond acceptors (Lipinski definition) is 3. The molecule has 0 atom stereocenters. The van der Waals surface area contributed by atoms with Crippen molar-refractivity contribution in [2.24, 2.45) is 5.41 Å². The quantitative estimate of drug-likeness (QED) is 0.862. The smallest absolute Gasteiger partial charge is 0.123 e. The van der Waals surface area contributed by atoms with Gasteiger partial charge in [0, 0.05) is 35.7 Å². The van der Waals surface area contributed by atoms with Crippen LogP contribution in [0, 0.1) is 5.41 Å². The van der Waals surface area contributed by atoms with Gasteiger partial charge in [0.25, 0.3) is 0 Å². The fourth-order valence-corrected chi connectivity index (χ4v) is 2.53. The van der Waals surface area contributed by atoms with Crippen molar-refractivity contribution in [1.29, 1.82) is 0 Å². The monoisotopic (exact) mass is 269 g/mol. The van der Waals surface area contributed by atoms with Crippen LogP contribution in [0.1, 0.15) is 18.4 Å². The average molecular weight is 270 g/mol. The first-order valence-electron chi connectivity index (χ1n) is 6.20. The van der Waals surface area contributed by atoms with Crippen molar-refractivity contribution in [3.8, 4) is 5.75 Å². The Morgan fingerprint density at radius 1 is 1.44 bits per heavy atom. The van der Waals surface area contributed by atoms with E-state index in [1.807, 2.05) is 18.2 Å². The van der Waals surface area contributed by atoms with Crippen molar-refractivity contribution >= 4 is 11.6 Å². The van der Waals surface area contributed by atoms with E-state index in [0.29, 0.717) is 0 Å². The molecule has 1 saturated carbocycles. The summed E-state index contributed by atoms with van der Waals surface area (Å²) < 4.78 is 5.34. The molecular weight excluding hydrogens is 250 g/mol. The molecule has 1 aliphatic carbocycles. The molecule has 2 rings (SSSR count). The first-order chi connectivity index (χ1) is 8.58. The summed E-state index contributed by atoms with van der Waals surface area (Å²) in [7, 11) is 3.74. The number of benzene rings is 1. The molecule has 0 unspecified atom stereocenters. The summed E-state index contributed by atoms with van der Waals surface area (Å²) in [5, 5.41) is 10.1. The van der Waals surface area contributed by atoms with Crippen LogP contribution in [-0.4, -0.2) is 37.3 Å². The Bertz CT molecular complexity index is 418. The van der Waals surface area contributed by atoms with Crippen molar-refractivity contribution in [2.45, 2.75) is 19.4 Å². The van der Waals surface area contributed by atoms with Crippen LogP contribution < -0.4 is 4.74 Å². The maximum atomic E-state index is 9.34. The molecule has 0 spiro atoms. The van der Waals surface area contributed by atoms with Crippen LogP contribution in [0.25, 0.3) is 0 Å². The highest BCUT2D eigenvalue weighted by Gasteiger charge is 2.42. The third-order valence-corrected chi connectivity index (χ3v) is 3.82. The van der Waals surface area contributed by atoms with Crippen LogP contribution in [0.3, 0.4) is 0 Å². The average Bonchev–Trinajstić information content (AvgIpc) is 3.09. The maximum Gasteiger partial charge on any atom is 0.123 e. The number of aliphatic hydroxyl groups excluding tert-OH is 1. The van der Waals surface area contributed by atoms with E-state index in [2.05, 4.69) is 11.9 Å². The third-order valence-electron chi connectivity index (χ3n) is 3.58. The molecule has 0 aliphatic heterocycles. The Morgan fingerprint density at radius 3 is 2.72 bits per heavy atom. The van der Waals surface area contributed by atoms with Gasteiger partial charge in [0.15, 0.2) is 0 Å². The van der Waals surface area contributed by atoms with Crippen LogP contribution >= 0.6 is 11.6 Å². The number of aliphatic hydroxyl groups is 1. The minimum absolute atomic E-state index is 0.139. The molecule has 0 radical (unpaired) electrons. The number of halogens is 1. The topological polar surface area (TPSA) is 32.7 Å². The van der Waals surface area contributed by atoms with E-state index >= 15 is 0 Å². The van der Waals surface area contributed by atoms with E-state index in [9.17, 15) is 5.11 Å². The summed E-state index contributed by atoms with van der Waals surface area (Å²) in [6.07, 6.45) is 2.25. The third kappa shape index (κ3) is 3.16. The second kappa shape index (κ2) is 5.47. The first kappa shape index (κ1) is 13.7. The molecule has 3 nitrogen and oxygen atoms in total. The van der Waals surface area contributed by atoms with Gasteiger partial charge in [0.05, 0.1) is 7.11 Å². The molecule has 100 valence electrons. The zero-order valence-corrected chi connectivity index (χ0v) is 11.7. The van der Waals surface area contributed by atoms with Gasteiger partial charge in [0.2, 0.25) is 0 Å². The fourth-order valence-electron chi connectivity index (χ4n) is 2.33. The molecule has 0 amide bonds. The Labute approximate surface area is 113 Å². The minimum atomic E-state index is 0.139. The Hall–Kier alpha value is -0.770. The van der Waals surface area contributed by atoms with Gasteiger partial charge in [-0.05, 0) is 38.1 Å². The summed E-state index contributed by atoms with van der Waals surface area (Å²) in [6, 6.07) is 5.67. The number of ether oxygens (including phenoxy) is 1. The van der Waals surface area contributed by atoms with Crippen LogP contribution in [0.2, 0.25) is 5.02 Å². The Kier molecular flexibility index (Phi) is 4.15. The molecule has 1 fully saturated rings. The largest absolute Gasteiger partial charge is 0.496 e. The lowest BCUT2D eigenvalue weighted by Gasteiger charge is -2.23. The molecule has 0 heterocycles. The zero-order chi connectivity index (χ0) is 13.2. The Balaban J connectivity index is 2.02. The van der Waals surface area contributed by atoms with E-state index < -0.39 is 0 Å². The van der Waals surface area contributed by atoms with Crippen LogP contribution in [0.4, 0.5) is 0 Å². The first-order valence-corrected chi connectivity index (χ1v) is 6.58. The molecule has 4 heteroatoms. The van der Waals surface area contributed by atoms with Crippen molar-refractivity contribution in [2.75, 3.05) is 27.3 Å². The summed E-state index contributed by atoms with van der Waals surface area (Å²) in [6.45, 7) is 1.98. The number of hydrogen-bond donors (Lipinski definition) is 1. The highest BCUT2D eigenvalue weighted by molar-refractivity contribution is 6.30. The van der Waals surface area contributed by atoms with Gasteiger partial charge < -0.3 is 14.7 Å². The number of rotatable bonds is 6. The van der Waals surface area contributed by atoms with Crippen molar-refractivity contribution < 1.29 is 9.84 Å². The summed E-state index contributed by atoms with van der Waals surface area (Å²) in [4.78, 5) is 2.22. The summed E-state index contributed by atoms with van der Waals surface area (Å²) in [5.74, 6) is 0.861. The molecular formula is C14H20ClNO2. The molecule has 0 bridgehead atoms. The van der Waals surface area contributed by atoms with Gasteiger partial charge >= 0.3 is 0 Å². The van der Waals surface area contributed by atoms with Gasteiger partial charge in [-0.1, -0.05) is 11.6 Å². The molecule has 1 N–H and O–H groups in total. The SMILES string of the molecule is COc1ccc(Cl)cc1CN(C)CC1(CO)CC1. The lowest BCUT2D eigenvalue weighted by atomic mass is 10.1. The van der Waals surface area contributed by atoms with Gasteiger partial charge in [-0.25, -0.2) is 0 Å². The van der Waals surface area contributed by atoms with E-state index in [1.165, 1.54) is 0 Å². The number of nitrogens with zero attached hydrogens (tertiary/aromatic N) is 1. The lowest BCUT2D eigenvalue weighted by Crippen LogP contribution is -2.28. The predicted molar refractivity (Wildman–Crippen MR) is 73.1 cm³/mol. The second-order valence-electron chi connectivity index (χ2n) is 5.29. The second-order valence-corrected chi connectivity index (χ2v) is 5.72. The van der Waals surface area contributed by atoms with E-state index in [1.54, 1.807) is 7.11 Å². The highest BCUT2D eigenvalue weighted by Crippen LogP contribution is 2.45. The van der Waals surface area contributed by atoms with Gasteiger partial charge in [-0.15, -0.1) is 0 Å². The molecule has 1 aromatic carbocycles. The molecule has 0 saturated heterocycles. The number of methoxy groups -OCH3 is 1. The normalized spacial score (nSPS) is 16.9. The minimum Gasteiger partial charge on any atom is -0.496 e.